The summed E-state index contributed by atoms with van der Waals surface area (Å²) in [6, 6.07) is 4.74. The van der Waals surface area contributed by atoms with Gasteiger partial charge in [-0.25, -0.2) is 9.78 Å². The molecule has 1 fully saturated rings. The number of ether oxygens (including phenoxy) is 1. The van der Waals surface area contributed by atoms with Crippen LogP contribution < -0.4 is 10.6 Å². The van der Waals surface area contributed by atoms with Gasteiger partial charge in [-0.2, -0.15) is 0 Å². The predicted octanol–water partition coefficient (Wildman–Crippen LogP) is 1.18. The van der Waals surface area contributed by atoms with Crippen LogP contribution in [0.3, 0.4) is 0 Å². The molecule has 2 N–H and O–H groups in total. The van der Waals surface area contributed by atoms with Crippen LogP contribution in [0, 0.1) is 0 Å². The van der Waals surface area contributed by atoms with E-state index < -0.39 is 0 Å². The molecular formula is C17H24N4O4. The molecule has 0 atom stereocenters. The molecule has 1 aromatic heterocycles. The Hall–Kier alpha value is -2.64. The highest BCUT2D eigenvalue weighted by atomic mass is 16.6. The number of piperidine rings is 1. The minimum absolute atomic E-state index is 0.0342. The lowest BCUT2D eigenvalue weighted by Crippen LogP contribution is -2.46. The summed E-state index contributed by atoms with van der Waals surface area (Å²) >= 11 is 0. The predicted molar refractivity (Wildman–Crippen MR) is 91.3 cm³/mol. The third-order valence-electron chi connectivity index (χ3n) is 3.91. The van der Waals surface area contributed by atoms with Gasteiger partial charge in [-0.15, -0.1) is 0 Å². The molecule has 8 heteroatoms. The van der Waals surface area contributed by atoms with E-state index in [1.807, 2.05) is 6.92 Å². The topological polar surface area (TPSA) is 101 Å². The average Bonchev–Trinajstić information content (AvgIpc) is 2.63. The fraction of sp³-hybridized carbons (Fsp3) is 0.529. The van der Waals surface area contributed by atoms with Crippen molar-refractivity contribution in [3.63, 3.8) is 0 Å². The maximum atomic E-state index is 12.4. The zero-order valence-electron chi connectivity index (χ0n) is 14.6. The van der Waals surface area contributed by atoms with Crippen molar-refractivity contribution in [2.75, 3.05) is 26.2 Å². The van der Waals surface area contributed by atoms with Gasteiger partial charge in [-0.1, -0.05) is 6.07 Å². The van der Waals surface area contributed by atoms with Crippen LogP contribution in [0.2, 0.25) is 0 Å². The van der Waals surface area contributed by atoms with Gasteiger partial charge in [0.05, 0.1) is 6.61 Å². The van der Waals surface area contributed by atoms with Crippen LogP contribution >= 0.6 is 0 Å². The maximum absolute atomic E-state index is 12.4. The third kappa shape index (κ3) is 5.17. The Labute approximate surface area is 146 Å². The van der Waals surface area contributed by atoms with Crippen molar-refractivity contribution in [3.8, 4) is 0 Å². The normalized spacial score (nSPS) is 14.7. The van der Waals surface area contributed by atoms with Crippen molar-refractivity contribution in [1.82, 2.24) is 20.5 Å². The van der Waals surface area contributed by atoms with E-state index in [1.165, 1.54) is 0 Å². The Morgan fingerprint density at radius 1 is 1.16 bits per heavy atom. The Kier molecular flexibility index (Phi) is 6.73. The summed E-state index contributed by atoms with van der Waals surface area (Å²) < 4.78 is 4.97. The van der Waals surface area contributed by atoms with Gasteiger partial charge in [0.2, 0.25) is 0 Å². The number of likely N-dealkylation sites (tertiary alicyclic amines) is 1. The second-order valence-electron chi connectivity index (χ2n) is 5.70. The fourth-order valence-corrected chi connectivity index (χ4v) is 2.62. The highest BCUT2D eigenvalue weighted by molar-refractivity contribution is 5.96. The molecule has 1 aliphatic rings. The van der Waals surface area contributed by atoms with E-state index in [1.54, 1.807) is 30.0 Å². The first kappa shape index (κ1) is 18.7. The van der Waals surface area contributed by atoms with Crippen molar-refractivity contribution < 1.29 is 19.1 Å². The molecule has 0 radical (unpaired) electrons. The molecule has 0 saturated carbocycles. The Morgan fingerprint density at radius 3 is 2.40 bits per heavy atom. The average molecular weight is 348 g/mol. The van der Waals surface area contributed by atoms with E-state index in [-0.39, 0.29) is 35.3 Å². The van der Waals surface area contributed by atoms with Crippen LogP contribution in [0.5, 0.6) is 0 Å². The Bertz CT molecular complexity index is 627. The first-order valence-corrected chi connectivity index (χ1v) is 8.53. The first-order valence-electron chi connectivity index (χ1n) is 8.53. The standard InChI is InChI=1S/C17H24N4O4/c1-3-18-15(22)13-6-5-7-14(20-13)16(23)19-12-8-10-21(11-9-12)17(24)25-4-2/h5-7,12H,3-4,8-11H2,1-2H3,(H,18,22)(H,19,23). The van der Waals surface area contributed by atoms with Crippen LogP contribution in [-0.4, -0.2) is 60.1 Å². The molecule has 0 bridgehead atoms. The molecule has 0 aromatic carbocycles. The summed E-state index contributed by atoms with van der Waals surface area (Å²) in [4.78, 5) is 41.6. The molecule has 0 aliphatic carbocycles. The first-order chi connectivity index (χ1) is 12.0. The number of nitrogens with zero attached hydrogens (tertiary/aromatic N) is 2. The van der Waals surface area contributed by atoms with Crippen molar-refractivity contribution in [1.29, 1.82) is 0 Å². The van der Waals surface area contributed by atoms with E-state index in [4.69, 9.17) is 4.74 Å². The third-order valence-corrected chi connectivity index (χ3v) is 3.91. The molecular weight excluding hydrogens is 324 g/mol. The van der Waals surface area contributed by atoms with Crippen LogP contribution in [0.1, 0.15) is 47.7 Å². The van der Waals surface area contributed by atoms with Crippen molar-refractivity contribution in [3.05, 3.63) is 29.6 Å². The van der Waals surface area contributed by atoms with Gasteiger partial charge in [-0.3, -0.25) is 9.59 Å². The van der Waals surface area contributed by atoms with Crippen LogP contribution in [-0.2, 0) is 4.74 Å². The summed E-state index contributed by atoms with van der Waals surface area (Å²) in [7, 11) is 0. The van der Waals surface area contributed by atoms with Gasteiger partial charge in [-0.05, 0) is 38.8 Å². The number of hydrogen-bond acceptors (Lipinski definition) is 5. The minimum atomic E-state index is -0.319. The molecule has 2 rings (SSSR count). The van der Waals surface area contributed by atoms with Crippen molar-refractivity contribution in [2.24, 2.45) is 0 Å². The van der Waals surface area contributed by atoms with E-state index in [2.05, 4.69) is 15.6 Å². The summed E-state index contributed by atoms with van der Waals surface area (Å²) in [5.41, 5.74) is 0.420. The van der Waals surface area contributed by atoms with E-state index in [0.717, 1.165) is 0 Å². The zero-order chi connectivity index (χ0) is 18.2. The van der Waals surface area contributed by atoms with Gasteiger partial charge < -0.3 is 20.3 Å². The number of carbonyl (C=O) groups excluding carboxylic acids is 3. The van der Waals surface area contributed by atoms with E-state index in [9.17, 15) is 14.4 Å². The summed E-state index contributed by atoms with van der Waals surface area (Å²) in [5.74, 6) is -0.624. The molecule has 0 unspecified atom stereocenters. The summed E-state index contributed by atoms with van der Waals surface area (Å²) in [5, 5.41) is 5.57. The van der Waals surface area contributed by atoms with Crippen molar-refractivity contribution in [2.45, 2.75) is 32.7 Å². The van der Waals surface area contributed by atoms with Crippen LogP contribution in [0.15, 0.2) is 18.2 Å². The summed E-state index contributed by atoms with van der Waals surface area (Å²) in [6.45, 7) is 5.51. The largest absolute Gasteiger partial charge is 0.450 e. The van der Waals surface area contributed by atoms with Crippen LogP contribution in [0.25, 0.3) is 0 Å². The number of carbonyl (C=O) groups is 3. The second kappa shape index (κ2) is 9.00. The molecule has 8 nitrogen and oxygen atoms in total. The van der Waals surface area contributed by atoms with Crippen molar-refractivity contribution >= 4 is 17.9 Å². The molecule has 1 saturated heterocycles. The van der Waals surface area contributed by atoms with Gasteiger partial charge in [0.25, 0.3) is 11.8 Å². The van der Waals surface area contributed by atoms with Gasteiger partial charge in [0.1, 0.15) is 11.4 Å². The molecule has 25 heavy (non-hydrogen) atoms. The van der Waals surface area contributed by atoms with Gasteiger partial charge in [0, 0.05) is 25.7 Å². The number of nitrogens with one attached hydrogen (secondary N) is 2. The fourth-order valence-electron chi connectivity index (χ4n) is 2.62. The molecule has 1 aliphatic heterocycles. The molecule has 0 spiro atoms. The highest BCUT2D eigenvalue weighted by Crippen LogP contribution is 2.12. The number of pyridine rings is 1. The molecule has 1 aromatic rings. The molecule has 2 heterocycles. The Morgan fingerprint density at radius 2 is 1.80 bits per heavy atom. The number of aromatic nitrogens is 1. The second-order valence-corrected chi connectivity index (χ2v) is 5.70. The Balaban J connectivity index is 1.90. The zero-order valence-corrected chi connectivity index (χ0v) is 14.6. The van der Waals surface area contributed by atoms with E-state index >= 15 is 0 Å². The quantitative estimate of drug-likeness (QED) is 0.832. The lowest BCUT2D eigenvalue weighted by atomic mass is 10.1. The lowest BCUT2D eigenvalue weighted by molar-refractivity contribution is 0.0856. The monoisotopic (exact) mass is 348 g/mol. The number of hydrogen-bond donors (Lipinski definition) is 2. The van der Waals surface area contributed by atoms with Gasteiger partial charge >= 0.3 is 6.09 Å². The van der Waals surface area contributed by atoms with E-state index in [0.29, 0.717) is 39.1 Å². The SMILES string of the molecule is CCNC(=O)c1cccc(C(=O)NC2CCN(C(=O)OCC)CC2)n1. The molecule has 3 amide bonds. The highest BCUT2D eigenvalue weighted by Gasteiger charge is 2.25. The van der Waals surface area contributed by atoms with Crippen LogP contribution in [0.4, 0.5) is 4.79 Å². The number of amides is 3. The maximum Gasteiger partial charge on any atom is 0.409 e. The van der Waals surface area contributed by atoms with Gasteiger partial charge in [0.15, 0.2) is 0 Å². The smallest absolute Gasteiger partial charge is 0.409 e. The molecule has 136 valence electrons. The lowest BCUT2D eigenvalue weighted by Gasteiger charge is -2.31. The number of rotatable bonds is 5. The summed E-state index contributed by atoms with van der Waals surface area (Å²) in [6.07, 6.45) is 0.991. The minimum Gasteiger partial charge on any atom is -0.450 e.